The molecule has 1 aliphatic rings. The van der Waals surface area contributed by atoms with Crippen molar-refractivity contribution in [1.29, 1.82) is 0 Å². The molecule has 0 saturated carbocycles. The first kappa shape index (κ1) is 21.6. The van der Waals surface area contributed by atoms with E-state index in [0.29, 0.717) is 18.6 Å². The number of nitrogens with zero attached hydrogens (tertiary/aromatic N) is 1. The fourth-order valence-electron chi connectivity index (χ4n) is 3.36. The zero-order valence-corrected chi connectivity index (χ0v) is 17.3. The summed E-state index contributed by atoms with van der Waals surface area (Å²) < 4.78 is 37.9. The molecule has 1 amide bonds. The van der Waals surface area contributed by atoms with E-state index in [-0.39, 0.29) is 28.4 Å². The van der Waals surface area contributed by atoms with Crippen LogP contribution in [-0.2, 0) is 14.8 Å². The van der Waals surface area contributed by atoms with Crippen molar-refractivity contribution in [3.8, 4) is 11.5 Å². The van der Waals surface area contributed by atoms with E-state index < -0.39 is 27.9 Å². The van der Waals surface area contributed by atoms with Gasteiger partial charge in [0.1, 0.15) is 6.04 Å². The van der Waals surface area contributed by atoms with Crippen LogP contribution in [-0.4, -0.2) is 56.5 Å². The van der Waals surface area contributed by atoms with E-state index in [9.17, 15) is 18.0 Å². The topological polar surface area (TPSA) is 122 Å². The van der Waals surface area contributed by atoms with E-state index in [1.54, 1.807) is 6.07 Å². The molecule has 1 aliphatic heterocycles. The van der Waals surface area contributed by atoms with Crippen molar-refractivity contribution in [3.05, 3.63) is 48.0 Å². The van der Waals surface area contributed by atoms with Gasteiger partial charge in [0.05, 0.1) is 24.7 Å². The Hall–Kier alpha value is -3.11. The number of hydrogen-bond donors (Lipinski definition) is 2. The first-order chi connectivity index (χ1) is 14.3. The number of aromatic carboxylic acids is 1. The third-order valence-electron chi connectivity index (χ3n) is 4.84. The summed E-state index contributed by atoms with van der Waals surface area (Å²) in [7, 11) is -1.10. The van der Waals surface area contributed by atoms with Crippen LogP contribution in [0.1, 0.15) is 23.2 Å². The largest absolute Gasteiger partial charge is 0.493 e. The molecule has 9 nitrogen and oxygen atoms in total. The zero-order chi connectivity index (χ0) is 21.9. The molecular weight excluding hydrogens is 412 g/mol. The van der Waals surface area contributed by atoms with Gasteiger partial charge in [-0.25, -0.2) is 13.2 Å². The van der Waals surface area contributed by atoms with Gasteiger partial charge in [0.2, 0.25) is 15.9 Å². The van der Waals surface area contributed by atoms with Crippen molar-refractivity contribution in [2.45, 2.75) is 23.8 Å². The van der Waals surface area contributed by atoms with Crippen LogP contribution in [0.4, 0.5) is 5.69 Å². The van der Waals surface area contributed by atoms with Gasteiger partial charge in [-0.1, -0.05) is 6.07 Å². The zero-order valence-electron chi connectivity index (χ0n) is 16.5. The quantitative estimate of drug-likeness (QED) is 0.685. The van der Waals surface area contributed by atoms with E-state index in [2.05, 4.69) is 5.32 Å². The lowest BCUT2D eigenvalue weighted by Gasteiger charge is -2.24. The SMILES string of the molecule is COc1ccc(S(=O)(=O)N2CCCC2C(=O)Nc2cccc(C(=O)O)c2)cc1OC. The van der Waals surface area contributed by atoms with Gasteiger partial charge >= 0.3 is 5.97 Å². The standard InChI is InChI=1S/C20H22N2O7S/c1-28-17-9-8-15(12-18(17)29-2)30(26,27)22-10-4-7-16(22)19(23)21-14-6-3-5-13(11-14)20(24)25/h3,5-6,8-9,11-12,16H,4,7,10H2,1-2H3,(H,21,23)(H,24,25). The van der Waals surface area contributed by atoms with Crippen LogP contribution in [0, 0.1) is 0 Å². The maximum Gasteiger partial charge on any atom is 0.335 e. The third-order valence-corrected chi connectivity index (χ3v) is 6.75. The first-order valence-electron chi connectivity index (χ1n) is 9.16. The summed E-state index contributed by atoms with van der Waals surface area (Å²) in [5.74, 6) is -0.974. The van der Waals surface area contributed by atoms with Crippen molar-refractivity contribution in [2.24, 2.45) is 0 Å². The van der Waals surface area contributed by atoms with E-state index in [1.807, 2.05) is 0 Å². The Balaban J connectivity index is 1.85. The summed E-state index contributed by atoms with van der Waals surface area (Å²) in [6.45, 7) is 0.198. The molecule has 0 radical (unpaired) electrons. The van der Waals surface area contributed by atoms with Crippen molar-refractivity contribution in [3.63, 3.8) is 0 Å². The van der Waals surface area contributed by atoms with E-state index in [4.69, 9.17) is 14.6 Å². The Morgan fingerprint density at radius 1 is 1.10 bits per heavy atom. The number of hydrogen-bond acceptors (Lipinski definition) is 6. The van der Waals surface area contributed by atoms with Gasteiger partial charge in [-0.2, -0.15) is 4.31 Å². The molecule has 30 heavy (non-hydrogen) atoms. The van der Waals surface area contributed by atoms with Crippen molar-refractivity contribution in [2.75, 3.05) is 26.1 Å². The minimum absolute atomic E-state index is 0.00674. The lowest BCUT2D eigenvalue weighted by atomic mass is 10.2. The molecule has 10 heteroatoms. The number of sulfonamides is 1. The molecule has 2 aromatic rings. The highest BCUT2D eigenvalue weighted by molar-refractivity contribution is 7.89. The van der Waals surface area contributed by atoms with Crippen LogP contribution >= 0.6 is 0 Å². The molecule has 1 saturated heterocycles. The first-order valence-corrected chi connectivity index (χ1v) is 10.6. The van der Waals surface area contributed by atoms with Gasteiger partial charge < -0.3 is 19.9 Å². The summed E-state index contributed by atoms with van der Waals surface area (Å²) in [6.07, 6.45) is 0.886. The lowest BCUT2D eigenvalue weighted by molar-refractivity contribution is -0.119. The third kappa shape index (κ3) is 4.24. The summed E-state index contributed by atoms with van der Waals surface area (Å²) in [5.41, 5.74) is 0.310. The molecule has 2 aromatic carbocycles. The normalized spacial score (nSPS) is 16.8. The summed E-state index contributed by atoms with van der Waals surface area (Å²) >= 11 is 0. The number of methoxy groups -OCH3 is 2. The van der Waals surface area contributed by atoms with E-state index >= 15 is 0 Å². The molecular formula is C20H22N2O7S. The number of carboxylic acid groups (broad SMARTS) is 1. The molecule has 160 valence electrons. The van der Waals surface area contributed by atoms with Crippen LogP contribution < -0.4 is 14.8 Å². The number of amides is 1. The number of carboxylic acids is 1. The Morgan fingerprint density at radius 2 is 1.83 bits per heavy atom. The summed E-state index contributed by atoms with van der Waals surface area (Å²) in [4.78, 5) is 23.9. The van der Waals surface area contributed by atoms with Gasteiger partial charge in [-0.05, 0) is 43.2 Å². The van der Waals surface area contributed by atoms with Gasteiger partial charge in [0.25, 0.3) is 0 Å². The summed E-state index contributed by atoms with van der Waals surface area (Å²) in [6, 6.07) is 9.13. The second-order valence-electron chi connectivity index (χ2n) is 6.67. The molecule has 1 atom stereocenters. The molecule has 3 rings (SSSR count). The fraction of sp³-hybridized carbons (Fsp3) is 0.300. The van der Waals surface area contributed by atoms with Gasteiger partial charge in [0.15, 0.2) is 11.5 Å². The molecule has 0 bridgehead atoms. The van der Waals surface area contributed by atoms with E-state index in [0.717, 1.165) is 4.31 Å². The molecule has 0 aromatic heterocycles. The number of benzene rings is 2. The number of ether oxygens (including phenoxy) is 2. The van der Waals surface area contributed by atoms with E-state index in [1.165, 1.54) is 50.6 Å². The average molecular weight is 434 g/mol. The Labute approximate surface area is 174 Å². The van der Waals surface area contributed by atoms with Crippen LogP contribution in [0.5, 0.6) is 11.5 Å². The molecule has 1 unspecified atom stereocenters. The number of carbonyl (C=O) groups excluding carboxylic acids is 1. The Bertz CT molecular complexity index is 1070. The minimum atomic E-state index is -3.96. The van der Waals surface area contributed by atoms with Gasteiger partial charge in [-0.3, -0.25) is 4.79 Å². The molecule has 1 fully saturated rings. The second kappa shape index (κ2) is 8.72. The number of carbonyl (C=O) groups is 2. The molecule has 0 aliphatic carbocycles. The van der Waals surface area contributed by atoms with Crippen LogP contribution in [0.2, 0.25) is 0 Å². The minimum Gasteiger partial charge on any atom is -0.493 e. The van der Waals surface area contributed by atoms with Crippen molar-refractivity contribution >= 4 is 27.6 Å². The second-order valence-corrected chi connectivity index (χ2v) is 8.56. The molecule has 1 heterocycles. The maximum absolute atomic E-state index is 13.2. The highest BCUT2D eigenvalue weighted by Crippen LogP contribution is 2.33. The maximum atomic E-state index is 13.2. The van der Waals surface area contributed by atoms with Crippen LogP contribution in [0.15, 0.2) is 47.4 Å². The highest BCUT2D eigenvalue weighted by atomic mass is 32.2. The Kier molecular flexibility index (Phi) is 6.28. The molecule has 2 N–H and O–H groups in total. The number of nitrogens with one attached hydrogen (secondary N) is 1. The van der Waals surface area contributed by atoms with Crippen molar-refractivity contribution < 1.29 is 32.6 Å². The number of anilines is 1. The lowest BCUT2D eigenvalue weighted by Crippen LogP contribution is -2.43. The van der Waals surface area contributed by atoms with Gasteiger partial charge in [0, 0.05) is 18.3 Å². The number of rotatable bonds is 7. The van der Waals surface area contributed by atoms with Crippen molar-refractivity contribution in [1.82, 2.24) is 4.31 Å². The summed E-state index contributed by atoms with van der Waals surface area (Å²) in [5, 5.41) is 11.7. The van der Waals surface area contributed by atoms with Crippen LogP contribution in [0.3, 0.4) is 0 Å². The monoisotopic (exact) mass is 434 g/mol. The Morgan fingerprint density at radius 3 is 2.50 bits per heavy atom. The average Bonchev–Trinajstić information content (AvgIpc) is 3.24. The smallest absolute Gasteiger partial charge is 0.335 e. The molecule has 0 spiro atoms. The predicted octanol–water partition coefficient (Wildman–Crippen LogP) is 2.19. The van der Waals surface area contributed by atoms with Crippen LogP contribution in [0.25, 0.3) is 0 Å². The highest BCUT2D eigenvalue weighted by Gasteiger charge is 2.39. The van der Waals surface area contributed by atoms with Gasteiger partial charge in [-0.15, -0.1) is 0 Å². The fourth-order valence-corrected chi connectivity index (χ4v) is 5.03. The predicted molar refractivity (Wildman–Crippen MR) is 108 cm³/mol.